The fraction of sp³-hybridized carbons (Fsp3) is 0.111. The predicted octanol–water partition coefficient (Wildman–Crippen LogP) is 3.45. The summed E-state index contributed by atoms with van der Waals surface area (Å²) in [6.07, 6.45) is 1.87. The zero-order chi connectivity index (χ0) is 17.1. The number of nitrogens with one attached hydrogen (secondary N) is 3. The first-order valence-corrected chi connectivity index (χ1v) is 7.44. The fourth-order valence-electron chi connectivity index (χ4n) is 2.56. The number of hydrogen-bond donors (Lipinski definition) is 3. The first kappa shape index (κ1) is 15.7. The Morgan fingerprint density at radius 3 is 2.58 bits per heavy atom. The van der Waals surface area contributed by atoms with E-state index in [1.807, 2.05) is 0 Å². The Bertz CT molecular complexity index is 918. The third kappa shape index (κ3) is 3.60. The van der Waals surface area contributed by atoms with Crippen LogP contribution in [0.2, 0.25) is 0 Å². The number of aromatic nitrogens is 1. The minimum absolute atomic E-state index is 0.163. The number of halogens is 1. The lowest BCUT2D eigenvalue weighted by molar-refractivity contribution is -0.115. The van der Waals surface area contributed by atoms with Crippen molar-refractivity contribution in [1.29, 1.82) is 0 Å². The molecule has 6 heteroatoms. The molecule has 0 atom stereocenters. The lowest BCUT2D eigenvalue weighted by Crippen LogP contribution is -2.14. The van der Waals surface area contributed by atoms with Crippen LogP contribution in [0.4, 0.5) is 15.8 Å². The van der Waals surface area contributed by atoms with Crippen molar-refractivity contribution in [3.8, 4) is 0 Å². The molecular formula is C18H16FN3O2. The van der Waals surface area contributed by atoms with Crippen LogP contribution < -0.4 is 10.6 Å². The molecule has 0 saturated carbocycles. The van der Waals surface area contributed by atoms with Gasteiger partial charge in [-0.2, -0.15) is 0 Å². The zero-order valence-electron chi connectivity index (χ0n) is 13.0. The van der Waals surface area contributed by atoms with Crippen LogP contribution in [0.1, 0.15) is 12.5 Å². The van der Waals surface area contributed by atoms with Gasteiger partial charge in [0.1, 0.15) is 5.82 Å². The average molecular weight is 325 g/mol. The van der Waals surface area contributed by atoms with Crippen molar-refractivity contribution in [2.75, 3.05) is 10.6 Å². The van der Waals surface area contributed by atoms with Crippen LogP contribution in [-0.4, -0.2) is 16.8 Å². The Morgan fingerprint density at radius 1 is 1.08 bits per heavy atom. The smallest absolute Gasteiger partial charge is 0.228 e. The lowest BCUT2D eigenvalue weighted by atomic mass is 10.1. The molecule has 1 aromatic heterocycles. The van der Waals surface area contributed by atoms with Gasteiger partial charge in [0, 0.05) is 35.4 Å². The number of rotatable bonds is 4. The molecule has 2 amide bonds. The number of hydrogen-bond acceptors (Lipinski definition) is 2. The summed E-state index contributed by atoms with van der Waals surface area (Å²) in [5.74, 6) is -0.695. The van der Waals surface area contributed by atoms with Gasteiger partial charge in [0.15, 0.2) is 0 Å². The number of fused-ring (bicyclic) bond motifs is 1. The van der Waals surface area contributed by atoms with Crippen molar-refractivity contribution in [2.45, 2.75) is 13.3 Å². The van der Waals surface area contributed by atoms with Crippen LogP contribution in [0, 0.1) is 5.82 Å². The van der Waals surface area contributed by atoms with E-state index in [1.165, 1.54) is 19.1 Å². The van der Waals surface area contributed by atoms with Crippen LogP contribution in [0.15, 0.2) is 48.7 Å². The minimum atomic E-state index is -0.324. The van der Waals surface area contributed by atoms with Crippen LogP contribution in [0.25, 0.3) is 10.9 Å². The Kier molecular flexibility index (Phi) is 4.29. The molecule has 0 radical (unpaired) electrons. The van der Waals surface area contributed by atoms with Gasteiger partial charge in [0.05, 0.1) is 6.42 Å². The summed E-state index contributed by atoms with van der Waals surface area (Å²) in [5, 5.41) is 6.27. The molecule has 0 aliphatic carbocycles. The Morgan fingerprint density at radius 2 is 1.83 bits per heavy atom. The molecule has 3 aromatic rings. The quantitative estimate of drug-likeness (QED) is 0.687. The Balaban J connectivity index is 1.72. The maximum atomic E-state index is 13.2. The van der Waals surface area contributed by atoms with E-state index in [0.29, 0.717) is 16.9 Å². The van der Waals surface area contributed by atoms with Crippen molar-refractivity contribution < 1.29 is 14.0 Å². The van der Waals surface area contributed by atoms with Gasteiger partial charge in [-0.15, -0.1) is 0 Å². The third-order valence-corrected chi connectivity index (χ3v) is 3.55. The monoisotopic (exact) mass is 325 g/mol. The van der Waals surface area contributed by atoms with Gasteiger partial charge in [-0.05, 0) is 42.0 Å². The Hall–Kier alpha value is -3.15. The molecule has 0 aliphatic rings. The topological polar surface area (TPSA) is 74.0 Å². The highest BCUT2D eigenvalue weighted by molar-refractivity contribution is 5.96. The molecule has 0 aliphatic heterocycles. The van der Waals surface area contributed by atoms with Gasteiger partial charge in [-0.1, -0.05) is 6.07 Å². The molecule has 1 heterocycles. The average Bonchev–Trinajstić information content (AvgIpc) is 2.88. The summed E-state index contributed by atoms with van der Waals surface area (Å²) < 4.78 is 13.2. The molecule has 0 bridgehead atoms. The van der Waals surface area contributed by atoms with E-state index in [2.05, 4.69) is 15.6 Å². The fourth-order valence-corrected chi connectivity index (χ4v) is 2.56. The molecule has 0 fully saturated rings. The van der Waals surface area contributed by atoms with Crippen molar-refractivity contribution in [2.24, 2.45) is 0 Å². The highest BCUT2D eigenvalue weighted by Gasteiger charge is 2.10. The second kappa shape index (κ2) is 6.54. The van der Waals surface area contributed by atoms with Crippen LogP contribution in [-0.2, 0) is 16.0 Å². The van der Waals surface area contributed by atoms with E-state index in [4.69, 9.17) is 0 Å². The molecule has 3 N–H and O–H groups in total. The van der Waals surface area contributed by atoms with Gasteiger partial charge in [0.25, 0.3) is 0 Å². The molecule has 2 aromatic carbocycles. The molecule has 0 spiro atoms. The van der Waals surface area contributed by atoms with E-state index in [9.17, 15) is 14.0 Å². The Labute approximate surface area is 137 Å². The summed E-state index contributed by atoms with van der Waals surface area (Å²) in [4.78, 5) is 26.3. The lowest BCUT2D eigenvalue weighted by Gasteiger charge is -2.07. The number of H-pyrrole nitrogens is 1. The second-order valence-corrected chi connectivity index (χ2v) is 5.49. The maximum absolute atomic E-state index is 13.2. The van der Waals surface area contributed by atoms with Gasteiger partial charge in [-0.25, -0.2) is 4.39 Å². The first-order chi connectivity index (χ1) is 11.5. The van der Waals surface area contributed by atoms with Crippen LogP contribution in [0.5, 0.6) is 0 Å². The summed E-state index contributed by atoms with van der Waals surface area (Å²) in [5.41, 5.74) is 2.66. The standard InChI is InChI=1S/C18H16FN3O2/c1-11(23)21-14-3-2-4-15(9-14)22-18(24)7-12-10-20-17-8-13(19)5-6-16(12)17/h2-6,8-10,20H,7H2,1H3,(H,21,23)(H,22,24). The van der Waals surface area contributed by atoms with Gasteiger partial charge < -0.3 is 15.6 Å². The SMILES string of the molecule is CC(=O)Nc1cccc(NC(=O)Cc2c[nH]c3cc(F)ccc23)c1. The molecule has 3 rings (SSSR count). The molecule has 122 valence electrons. The van der Waals surface area contributed by atoms with Crippen molar-refractivity contribution in [3.05, 3.63) is 60.0 Å². The predicted molar refractivity (Wildman–Crippen MR) is 91.3 cm³/mol. The molecule has 0 saturated heterocycles. The van der Waals surface area contributed by atoms with Crippen LogP contribution in [0.3, 0.4) is 0 Å². The van der Waals surface area contributed by atoms with Gasteiger partial charge in [0.2, 0.25) is 11.8 Å². The van der Waals surface area contributed by atoms with E-state index in [0.717, 1.165) is 10.9 Å². The van der Waals surface area contributed by atoms with E-state index < -0.39 is 0 Å². The number of aromatic amines is 1. The molecule has 0 unspecified atom stereocenters. The van der Waals surface area contributed by atoms with Crippen LogP contribution >= 0.6 is 0 Å². The second-order valence-electron chi connectivity index (χ2n) is 5.49. The number of carbonyl (C=O) groups excluding carboxylic acids is 2. The van der Waals surface area contributed by atoms with Crippen molar-refractivity contribution >= 4 is 34.1 Å². The maximum Gasteiger partial charge on any atom is 0.228 e. The van der Waals surface area contributed by atoms with E-state index >= 15 is 0 Å². The van der Waals surface area contributed by atoms with Crippen molar-refractivity contribution in [3.63, 3.8) is 0 Å². The molecule has 5 nitrogen and oxygen atoms in total. The van der Waals surface area contributed by atoms with E-state index in [-0.39, 0.29) is 24.1 Å². The molecular weight excluding hydrogens is 309 g/mol. The minimum Gasteiger partial charge on any atom is -0.361 e. The largest absolute Gasteiger partial charge is 0.361 e. The zero-order valence-corrected chi connectivity index (χ0v) is 13.0. The normalized spacial score (nSPS) is 10.6. The summed E-state index contributed by atoms with van der Waals surface area (Å²) in [6, 6.07) is 11.3. The highest BCUT2D eigenvalue weighted by Crippen LogP contribution is 2.21. The van der Waals surface area contributed by atoms with Gasteiger partial charge in [-0.3, -0.25) is 9.59 Å². The summed E-state index contributed by atoms with van der Waals surface area (Å²) >= 11 is 0. The van der Waals surface area contributed by atoms with E-state index in [1.54, 1.807) is 36.5 Å². The number of benzene rings is 2. The third-order valence-electron chi connectivity index (χ3n) is 3.55. The number of anilines is 2. The number of carbonyl (C=O) groups is 2. The molecule has 24 heavy (non-hydrogen) atoms. The summed E-state index contributed by atoms with van der Waals surface area (Å²) in [7, 11) is 0. The first-order valence-electron chi connectivity index (χ1n) is 7.44. The van der Waals surface area contributed by atoms with Crippen molar-refractivity contribution in [1.82, 2.24) is 4.98 Å². The number of amides is 2. The summed E-state index contributed by atoms with van der Waals surface area (Å²) in [6.45, 7) is 1.42. The van der Waals surface area contributed by atoms with Gasteiger partial charge >= 0.3 is 0 Å². The highest BCUT2D eigenvalue weighted by atomic mass is 19.1.